The average molecular weight is 229 g/mol. The van der Waals surface area contributed by atoms with E-state index < -0.39 is 0 Å². The van der Waals surface area contributed by atoms with Crippen molar-refractivity contribution in [2.45, 2.75) is 32.4 Å². The molecule has 2 nitrogen and oxygen atoms in total. The Morgan fingerprint density at radius 2 is 2.12 bits per heavy atom. The van der Waals surface area contributed by atoms with Gasteiger partial charge in [-0.05, 0) is 37.3 Å². The monoisotopic (exact) mass is 229 g/mol. The molecule has 2 rings (SSSR count). The van der Waals surface area contributed by atoms with Crippen LogP contribution in [-0.4, -0.2) is 15.8 Å². The third-order valence-electron chi connectivity index (χ3n) is 2.99. The molecule has 90 valence electrons. The fourth-order valence-corrected chi connectivity index (χ4v) is 2.12. The third kappa shape index (κ3) is 2.98. The van der Waals surface area contributed by atoms with Crippen molar-refractivity contribution in [1.29, 1.82) is 0 Å². The first-order valence-electron chi connectivity index (χ1n) is 6.16. The molecule has 0 amide bonds. The van der Waals surface area contributed by atoms with Crippen molar-refractivity contribution in [2.75, 3.05) is 0 Å². The highest BCUT2D eigenvalue weighted by molar-refractivity contribution is 5.79. The number of para-hydroxylation sites is 1. The average Bonchev–Trinajstić information content (AvgIpc) is 2.73. The number of aliphatic hydroxyl groups excluding tert-OH is 1. The minimum atomic E-state index is -0.304. The molecule has 0 aliphatic rings. The summed E-state index contributed by atoms with van der Waals surface area (Å²) < 4.78 is 2.25. The number of nitrogens with zero attached hydrogens (tertiary/aromatic N) is 1. The SMILES string of the molecule is CC=C[C@@H](O)CCCn1ccc2ccccc21. The van der Waals surface area contributed by atoms with Gasteiger partial charge in [-0.15, -0.1) is 0 Å². The Labute approximate surface area is 102 Å². The van der Waals surface area contributed by atoms with Gasteiger partial charge in [0, 0.05) is 18.3 Å². The third-order valence-corrected chi connectivity index (χ3v) is 2.99. The normalized spacial score (nSPS) is 13.5. The second-order valence-electron chi connectivity index (χ2n) is 4.30. The lowest BCUT2D eigenvalue weighted by molar-refractivity contribution is 0.207. The molecule has 2 heteroatoms. The number of allylic oxidation sites excluding steroid dienone is 1. The molecule has 17 heavy (non-hydrogen) atoms. The summed E-state index contributed by atoms with van der Waals surface area (Å²) in [6.07, 6.45) is 7.36. The molecule has 0 radical (unpaired) electrons. The van der Waals surface area contributed by atoms with E-state index in [9.17, 15) is 5.11 Å². The van der Waals surface area contributed by atoms with E-state index in [0.29, 0.717) is 0 Å². The van der Waals surface area contributed by atoms with Gasteiger partial charge in [-0.3, -0.25) is 0 Å². The summed E-state index contributed by atoms with van der Waals surface area (Å²) in [4.78, 5) is 0. The first-order valence-corrected chi connectivity index (χ1v) is 6.16. The maximum absolute atomic E-state index is 9.60. The Morgan fingerprint density at radius 1 is 1.29 bits per heavy atom. The van der Waals surface area contributed by atoms with E-state index in [4.69, 9.17) is 0 Å². The van der Waals surface area contributed by atoms with Crippen LogP contribution in [0.3, 0.4) is 0 Å². The topological polar surface area (TPSA) is 25.2 Å². The van der Waals surface area contributed by atoms with E-state index in [1.54, 1.807) is 0 Å². The van der Waals surface area contributed by atoms with Crippen LogP contribution in [-0.2, 0) is 6.54 Å². The van der Waals surface area contributed by atoms with Crippen LogP contribution in [0.2, 0.25) is 0 Å². The largest absolute Gasteiger partial charge is 0.389 e. The van der Waals surface area contributed by atoms with E-state index in [1.165, 1.54) is 10.9 Å². The van der Waals surface area contributed by atoms with Crippen molar-refractivity contribution in [3.8, 4) is 0 Å². The Balaban J connectivity index is 1.95. The molecule has 0 fully saturated rings. The molecule has 1 atom stereocenters. The number of benzene rings is 1. The molecule has 1 N–H and O–H groups in total. The highest BCUT2D eigenvalue weighted by atomic mass is 16.3. The molecule has 0 saturated heterocycles. The molecular formula is C15H19NO. The molecule has 1 heterocycles. The molecule has 0 bridgehead atoms. The van der Waals surface area contributed by atoms with E-state index in [1.807, 2.05) is 19.1 Å². The highest BCUT2D eigenvalue weighted by Crippen LogP contribution is 2.16. The van der Waals surface area contributed by atoms with E-state index in [2.05, 4.69) is 41.1 Å². The van der Waals surface area contributed by atoms with E-state index in [-0.39, 0.29) is 6.10 Å². The maximum Gasteiger partial charge on any atom is 0.0721 e. The van der Waals surface area contributed by atoms with Gasteiger partial charge in [0.25, 0.3) is 0 Å². The smallest absolute Gasteiger partial charge is 0.0721 e. The molecule has 0 aliphatic carbocycles. The molecule has 1 aromatic heterocycles. The van der Waals surface area contributed by atoms with Gasteiger partial charge in [0.05, 0.1) is 6.10 Å². The number of fused-ring (bicyclic) bond motifs is 1. The molecule has 2 aromatic rings. The highest BCUT2D eigenvalue weighted by Gasteiger charge is 2.01. The van der Waals surface area contributed by atoms with Crippen molar-refractivity contribution in [3.05, 3.63) is 48.7 Å². The first kappa shape index (κ1) is 11.9. The number of aryl methyl sites for hydroxylation is 1. The number of aromatic nitrogens is 1. The van der Waals surface area contributed by atoms with Crippen LogP contribution in [0.4, 0.5) is 0 Å². The number of aliphatic hydroxyl groups is 1. The van der Waals surface area contributed by atoms with Crippen molar-refractivity contribution in [3.63, 3.8) is 0 Å². The molecule has 1 aromatic carbocycles. The van der Waals surface area contributed by atoms with Crippen molar-refractivity contribution >= 4 is 10.9 Å². The summed E-state index contributed by atoms with van der Waals surface area (Å²) in [5, 5.41) is 10.9. The van der Waals surface area contributed by atoms with Gasteiger partial charge in [-0.1, -0.05) is 30.4 Å². The van der Waals surface area contributed by atoms with Gasteiger partial charge in [0.1, 0.15) is 0 Å². The Hall–Kier alpha value is -1.54. The fourth-order valence-electron chi connectivity index (χ4n) is 2.12. The summed E-state index contributed by atoms with van der Waals surface area (Å²) in [6.45, 7) is 2.89. The van der Waals surface area contributed by atoms with Gasteiger partial charge >= 0.3 is 0 Å². The molecule has 0 spiro atoms. The van der Waals surface area contributed by atoms with Gasteiger partial charge in [-0.25, -0.2) is 0 Å². The Bertz CT molecular complexity index is 498. The van der Waals surface area contributed by atoms with Crippen molar-refractivity contribution < 1.29 is 5.11 Å². The predicted octanol–water partition coefficient (Wildman–Crippen LogP) is 3.36. The lowest BCUT2D eigenvalue weighted by Gasteiger charge is -2.07. The minimum absolute atomic E-state index is 0.304. The maximum atomic E-state index is 9.60. The summed E-state index contributed by atoms with van der Waals surface area (Å²) in [5.74, 6) is 0. The van der Waals surface area contributed by atoms with Gasteiger partial charge in [-0.2, -0.15) is 0 Å². The van der Waals surface area contributed by atoms with Crippen LogP contribution in [0.1, 0.15) is 19.8 Å². The summed E-state index contributed by atoms with van der Waals surface area (Å²) >= 11 is 0. The zero-order valence-electron chi connectivity index (χ0n) is 10.2. The Morgan fingerprint density at radius 3 is 2.94 bits per heavy atom. The fraction of sp³-hybridized carbons (Fsp3) is 0.333. The van der Waals surface area contributed by atoms with E-state index >= 15 is 0 Å². The lowest BCUT2D eigenvalue weighted by Crippen LogP contribution is -2.04. The summed E-state index contributed by atoms with van der Waals surface area (Å²) in [6, 6.07) is 10.5. The second-order valence-corrected chi connectivity index (χ2v) is 4.30. The predicted molar refractivity (Wildman–Crippen MR) is 72.0 cm³/mol. The lowest BCUT2D eigenvalue weighted by atomic mass is 10.2. The van der Waals surface area contributed by atoms with Crippen LogP contribution < -0.4 is 0 Å². The van der Waals surface area contributed by atoms with E-state index in [0.717, 1.165) is 19.4 Å². The molecule has 0 unspecified atom stereocenters. The van der Waals surface area contributed by atoms with Gasteiger partial charge in [0.2, 0.25) is 0 Å². The summed E-state index contributed by atoms with van der Waals surface area (Å²) in [7, 11) is 0. The Kier molecular flexibility index (Phi) is 3.99. The second kappa shape index (κ2) is 5.69. The van der Waals surface area contributed by atoms with Crippen LogP contribution in [0.5, 0.6) is 0 Å². The zero-order chi connectivity index (χ0) is 12.1. The van der Waals surface area contributed by atoms with Crippen LogP contribution in [0.25, 0.3) is 10.9 Å². The van der Waals surface area contributed by atoms with Crippen LogP contribution >= 0.6 is 0 Å². The van der Waals surface area contributed by atoms with Gasteiger partial charge < -0.3 is 9.67 Å². The van der Waals surface area contributed by atoms with Crippen LogP contribution in [0, 0.1) is 0 Å². The molecule has 0 saturated carbocycles. The standard InChI is InChI=1S/C15H19NO/c1-2-6-14(17)8-5-11-16-12-10-13-7-3-4-9-15(13)16/h2-4,6-7,9-10,12,14,17H,5,8,11H2,1H3/t14-/m1/s1. The number of hydrogen-bond donors (Lipinski definition) is 1. The number of rotatable bonds is 5. The number of hydrogen-bond acceptors (Lipinski definition) is 1. The van der Waals surface area contributed by atoms with Crippen molar-refractivity contribution in [2.24, 2.45) is 0 Å². The van der Waals surface area contributed by atoms with Crippen LogP contribution in [0.15, 0.2) is 48.7 Å². The quantitative estimate of drug-likeness (QED) is 0.781. The first-order chi connectivity index (χ1) is 8.31. The molecular weight excluding hydrogens is 210 g/mol. The van der Waals surface area contributed by atoms with Gasteiger partial charge in [0.15, 0.2) is 0 Å². The molecule has 0 aliphatic heterocycles. The zero-order valence-corrected chi connectivity index (χ0v) is 10.2. The van der Waals surface area contributed by atoms with Crippen molar-refractivity contribution in [1.82, 2.24) is 4.57 Å². The minimum Gasteiger partial charge on any atom is -0.389 e. The summed E-state index contributed by atoms with van der Waals surface area (Å²) in [5.41, 5.74) is 1.27.